The number of benzene rings is 6. The Morgan fingerprint density at radius 1 is 0.397 bits per heavy atom. The Hall–Kier alpha value is -4.46. The van der Waals surface area contributed by atoms with E-state index in [0.717, 1.165) is 59.1 Å². The summed E-state index contributed by atoms with van der Waals surface area (Å²) in [5.41, 5.74) is 5.15. The molecule has 2 N–H and O–H groups in total. The Balaban J connectivity index is 1.21. The van der Waals surface area contributed by atoms with Gasteiger partial charge in [-0.05, 0) is 46.2 Å². The lowest BCUT2D eigenvalue weighted by molar-refractivity contribution is 0.165. The first-order chi connectivity index (χ1) is 28.5. The lowest BCUT2D eigenvalue weighted by atomic mass is 9.90. The summed E-state index contributed by atoms with van der Waals surface area (Å²) in [7, 11) is -7.87. The number of rotatable bonds is 20. The fourth-order valence-corrected chi connectivity index (χ4v) is 11.2. The van der Waals surface area contributed by atoms with Crippen LogP contribution in [-0.2, 0) is 53.7 Å². The highest BCUT2D eigenvalue weighted by Gasteiger charge is 2.44. The molecule has 1 aliphatic rings. The number of hydrogen-bond acceptors (Lipinski definition) is 8. The SMILES string of the molecule is O=P(OCc1ccccc1)(OCc1ccccc1)[C@H](N[C@@H]1CCCC[C@H]1N[C@H](c1ccccc1)P(=O)(OCc1ccccc1)OCc1ccccc1)c1ccccc1. The largest absolute Gasteiger partial charge is 0.352 e. The van der Waals surface area contributed by atoms with E-state index in [2.05, 4.69) is 10.6 Å². The molecule has 1 fully saturated rings. The summed E-state index contributed by atoms with van der Waals surface area (Å²) < 4.78 is 56.7. The molecule has 0 aliphatic heterocycles. The van der Waals surface area contributed by atoms with Crippen molar-refractivity contribution in [2.45, 2.75) is 75.8 Å². The van der Waals surface area contributed by atoms with E-state index in [-0.39, 0.29) is 38.5 Å². The van der Waals surface area contributed by atoms with E-state index in [1.54, 1.807) is 0 Å². The van der Waals surface area contributed by atoms with Crippen LogP contribution >= 0.6 is 15.2 Å². The molecule has 0 amide bonds. The van der Waals surface area contributed by atoms with E-state index < -0.39 is 26.8 Å². The molecule has 6 aromatic carbocycles. The maximum absolute atomic E-state index is 15.5. The summed E-state index contributed by atoms with van der Waals surface area (Å²) in [6, 6.07) is 58.0. The zero-order valence-electron chi connectivity index (χ0n) is 32.6. The zero-order chi connectivity index (χ0) is 39.9. The monoisotopic (exact) mass is 814 g/mol. The average molecular weight is 815 g/mol. The zero-order valence-corrected chi connectivity index (χ0v) is 34.4. The highest BCUT2D eigenvalue weighted by atomic mass is 31.2. The van der Waals surface area contributed by atoms with Crippen molar-refractivity contribution in [1.29, 1.82) is 0 Å². The molecule has 300 valence electrons. The molecule has 0 unspecified atom stereocenters. The second-order valence-electron chi connectivity index (χ2n) is 14.6. The normalized spacial score (nSPS) is 17.0. The lowest BCUT2D eigenvalue weighted by Gasteiger charge is -2.40. The molecule has 0 heterocycles. The summed E-state index contributed by atoms with van der Waals surface area (Å²) in [6.07, 6.45) is 3.47. The van der Waals surface area contributed by atoms with E-state index in [9.17, 15) is 0 Å². The Morgan fingerprint density at radius 2 is 0.638 bits per heavy atom. The van der Waals surface area contributed by atoms with Crippen molar-refractivity contribution >= 4 is 15.2 Å². The van der Waals surface area contributed by atoms with E-state index in [1.807, 2.05) is 182 Å². The van der Waals surface area contributed by atoms with Crippen molar-refractivity contribution in [1.82, 2.24) is 10.6 Å². The van der Waals surface area contributed by atoms with E-state index in [1.165, 1.54) is 0 Å². The van der Waals surface area contributed by atoms with Gasteiger partial charge in [-0.1, -0.05) is 195 Å². The van der Waals surface area contributed by atoms with E-state index in [4.69, 9.17) is 18.1 Å². The molecule has 4 atom stereocenters. The molecule has 0 spiro atoms. The van der Waals surface area contributed by atoms with Gasteiger partial charge in [-0.15, -0.1) is 0 Å². The Morgan fingerprint density at radius 3 is 0.897 bits per heavy atom. The summed E-state index contributed by atoms with van der Waals surface area (Å²) in [6.45, 7) is 0.449. The van der Waals surface area contributed by atoms with Crippen LogP contribution in [0.25, 0.3) is 0 Å². The van der Waals surface area contributed by atoms with Gasteiger partial charge in [0.25, 0.3) is 0 Å². The summed E-state index contributed by atoms with van der Waals surface area (Å²) >= 11 is 0. The lowest BCUT2D eigenvalue weighted by Crippen LogP contribution is -2.51. The molecule has 1 saturated carbocycles. The van der Waals surface area contributed by atoms with Gasteiger partial charge in [0.1, 0.15) is 11.6 Å². The predicted molar refractivity (Wildman–Crippen MR) is 231 cm³/mol. The third-order valence-electron chi connectivity index (χ3n) is 10.4. The maximum Gasteiger partial charge on any atom is 0.352 e. The third-order valence-corrected chi connectivity index (χ3v) is 14.5. The van der Waals surface area contributed by atoms with Gasteiger partial charge in [0.15, 0.2) is 0 Å². The van der Waals surface area contributed by atoms with Crippen LogP contribution in [-0.4, -0.2) is 12.1 Å². The van der Waals surface area contributed by atoms with Gasteiger partial charge in [0.2, 0.25) is 0 Å². The van der Waals surface area contributed by atoms with Gasteiger partial charge in [-0.25, -0.2) is 0 Å². The number of nitrogens with one attached hydrogen (secondary N) is 2. The van der Waals surface area contributed by atoms with Gasteiger partial charge in [0.05, 0.1) is 26.4 Å². The van der Waals surface area contributed by atoms with Gasteiger partial charge < -0.3 is 18.1 Å². The van der Waals surface area contributed by atoms with Gasteiger partial charge in [-0.2, -0.15) is 0 Å². The van der Waals surface area contributed by atoms with E-state index in [0.29, 0.717) is 0 Å². The Kier molecular flexibility index (Phi) is 15.1. The minimum Gasteiger partial charge on any atom is -0.302 e. The quantitative estimate of drug-likeness (QED) is 0.0736. The first-order valence-corrected chi connectivity index (χ1v) is 23.3. The van der Waals surface area contributed by atoms with Crippen LogP contribution in [0.4, 0.5) is 0 Å². The van der Waals surface area contributed by atoms with Gasteiger partial charge in [0, 0.05) is 12.1 Å². The van der Waals surface area contributed by atoms with Crippen molar-refractivity contribution in [2.24, 2.45) is 0 Å². The van der Waals surface area contributed by atoms with Crippen molar-refractivity contribution in [3.05, 3.63) is 215 Å². The smallest absolute Gasteiger partial charge is 0.302 e. The number of hydrogen-bond donors (Lipinski definition) is 2. The van der Waals surface area contributed by atoms with Crippen LogP contribution in [0.3, 0.4) is 0 Å². The molecule has 0 saturated heterocycles. The van der Waals surface area contributed by atoms with Crippen molar-refractivity contribution in [3.8, 4) is 0 Å². The molecule has 7 rings (SSSR count). The fraction of sp³-hybridized carbons (Fsp3) is 0.250. The van der Waals surface area contributed by atoms with E-state index >= 15 is 9.13 Å². The van der Waals surface area contributed by atoms with Crippen LogP contribution in [0.2, 0.25) is 0 Å². The van der Waals surface area contributed by atoms with Crippen LogP contribution in [0, 0.1) is 0 Å². The van der Waals surface area contributed by atoms with Crippen LogP contribution in [0.1, 0.15) is 70.6 Å². The maximum atomic E-state index is 15.5. The first kappa shape index (κ1) is 41.7. The summed E-state index contributed by atoms with van der Waals surface area (Å²) in [5.74, 6) is -1.61. The van der Waals surface area contributed by atoms with Crippen molar-refractivity contribution < 1.29 is 27.2 Å². The molecular formula is C48H52N2O6P2. The third kappa shape index (κ3) is 11.6. The minimum absolute atomic E-state index is 0.112. The highest BCUT2D eigenvalue weighted by molar-refractivity contribution is 7.54. The van der Waals surface area contributed by atoms with Crippen molar-refractivity contribution in [3.63, 3.8) is 0 Å². The molecular weight excluding hydrogens is 762 g/mol. The van der Waals surface area contributed by atoms with Gasteiger partial charge >= 0.3 is 15.2 Å². The molecule has 0 radical (unpaired) electrons. The molecule has 0 aromatic heterocycles. The summed E-state index contributed by atoms with van der Waals surface area (Å²) in [4.78, 5) is 0. The Labute approximate surface area is 343 Å². The molecule has 0 bridgehead atoms. The molecule has 10 heteroatoms. The molecule has 8 nitrogen and oxygen atoms in total. The van der Waals surface area contributed by atoms with Crippen LogP contribution in [0.15, 0.2) is 182 Å². The topological polar surface area (TPSA) is 95.1 Å². The van der Waals surface area contributed by atoms with Gasteiger partial charge in [-0.3, -0.25) is 19.8 Å². The molecule has 58 heavy (non-hydrogen) atoms. The van der Waals surface area contributed by atoms with Crippen molar-refractivity contribution in [2.75, 3.05) is 0 Å². The second-order valence-corrected chi connectivity index (χ2v) is 18.8. The minimum atomic E-state index is -3.93. The average Bonchev–Trinajstić information content (AvgIpc) is 3.29. The summed E-state index contributed by atoms with van der Waals surface area (Å²) in [5, 5.41) is 7.63. The Bertz CT molecular complexity index is 1930. The second kappa shape index (κ2) is 21.0. The highest BCUT2D eigenvalue weighted by Crippen LogP contribution is 2.63. The van der Waals surface area contributed by atoms with Crippen LogP contribution in [0.5, 0.6) is 0 Å². The van der Waals surface area contributed by atoms with Crippen LogP contribution < -0.4 is 10.6 Å². The first-order valence-electron chi connectivity index (χ1n) is 20.0. The molecule has 1 aliphatic carbocycles. The standard InChI is InChI=1S/C48H52N2O6P2/c51-57(53-35-39-21-7-1-8-22-39,54-36-40-23-9-2-10-24-40)47(43-29-15-5-16-30-43)49-45-33-19-20-34-46(45)50-48(44-31-17-6-18-32-44)58(52,55-37-41-25-11-3-12-26-41)56-38-42-27-13-4-14-28-42/h1-18,21-32,45-50H,19-20,33-38H2/t45-,46-,47+,48+/m1/s1. The molecule has 6 aromatic rings. The fourth-order valence-electron chi connectivity index (χ4n) is 7.27. The predicted octanol–water partition coefficient (Wildman–Crippen LogP) is 12.1.